The molecule has 0 radical (unpaired) electrons. The molecule has 0 unspecified atom stereocenters. The van der Waals surface area contributed by atoms with Gasteiger partial charge in [-0.05, 0) is 18.8 Å². The highest BCUT2D eigenvalue weighted by Crippen LogP contribution is 2.34. The second-order valence-corrected chi connectivity index (χ2v) is 5.51. The van der Waals surface area contributed by atoms with Crippen molar-refractivity contribution in [2.75, 3.05) is 17.6 Å². The summed E-state index contributed by atoms with van der Waals surface area (Å²) in [6.07, 6.45) is 2.12. The van der Waals surface area contributed by atoms with E-state index in [0.717, 1.165) is 30.7 Å². The first kappa shape index (κ1) is 14.3. The molecule has 0 bridgehead atoms. The standard InChI is InChI=1S/C12H18N4OS/c1-7(2)4-3-5-16-12-8(6-13)9(14)10(18-12)11(15)17/h7,16H,3-5,14H2,1-2H3,(H2,15,17). The summed E-state index contributed by atoms with van der Waals surface area (Å²) in [5, 5.41) is 12.8. The molecule has 1 aromatic heterocycles. The van der Waals surface area contributed by atoms with E-state index in [1.165, 1.54) is 0 Å². The Labute approximate surface area is 111 Å². The SMILES string of the molecule is CC(C)CCCNc1sc(C(N)=O)c(N)c1C#N. The number of hydrogen-bond donors (Lipinski definition) is 3. The van der Waals surface area contributed by atoms with E-state index < -0.39 is 5.91 Å². The van der Waals surface area contributed by atoms with E-state index in [-0.39, 0.29) is 10.6 Å². The summed E-state index contributed by atoms with van der Waals surface area (Å²) < 4.78 is 0. The molecule has 98 valence electrons. The molecule has 0 aliphatic heterocycles. The number of hydrogen-bond acceptors (Lipinski definition) is 5. The van der Waals surface area contributed by atoms with Gasteiger partial charge in [-0.2, -0.15) is 5.26 Å². The normalized spacial score (nSPS) is 10.3. The highest BCUT2D eigenvalue weighted by molar-refractivity contribution is 7.18. The number of anilines is 2. The van der Waals surface area contributed by atoms with Crippen molar-refractivity contribution < 1.29 is 4.79 Å². The minimum Gasteiger partial charge on any atom is -0.396 e. The fourth-order valence-electron chi connectivity index (χ4n) is 1.57. The number of nitrogens with two attached hydrogens (primary N) is 2. The lowest BCUT2D eigenvalue weighted by Crippen LogP contribution is -2.10. The van der Waals surface area contributed by atoms with Crippen molar-refractivity contribution in [1.82, 2.24) is 0 Å². The molecule has 1 rings (SSSR count). The number of nitrogens with zero attached hydrogens (tertiary/aromatic N) is 1. The molecule has 1 aromatic rings. The Hall–Kier alpha value is -1.74. The first-order chi connectivity index (χ1) is 8.47. The molecule has 0 aromatic carbocycles. The number of nitrogen functional groups attached to an aromatic ring is 1. The maximum Gasteiger partial charge on any atom is 0.261 e. The minimum absolute atomic E-state index is 0.182. The molecule has 0 fully saturated rings. The zero-order valence-electron chi connectivity index (χ0n) is 10.6. The average molecular weight is 266 g/mol. The van der Waals surface area contributed by atoms with Crippen LogP contribution in [0.3, 0.4) is 0 Å². The lowest BCUT2D eigenvalue weighted by atomic mass is 10.1. The molecule has 0 saturated carbocycles. The Balaban J connectivity index is 2.74. The molecule has 0 aliphatic rings. The fourth-order valence-corrected chi connectivity index (χ4v) is 2.52. The third-order valence-electron chi connectivity index (χ3n) is 2.52. The molecule has 1 amide bonds. The third kappa shape index (κ3) is 3.37. The van der Waals surface area contributed by atoms with E-state index in [2.05, 4.69) is 19.2 Å². The summed E-state index contributed by atoms with van der Waals surface area (Å²) in [6.45, 7) is 5.08. The van der Waals surface area contributed by atoms with Crippen LogP contribution >= 0.6 is 11.3 Å². The number of rotatable bonds is 6. The van der Waals surface area contributed by atoms with Gasteiger partial charge >= 0.3 is 0 Å². The number of thiophene rings is 1. The highest BCUT2D eigenvalue weighted by Gasteiger charge is 2.18. The molecule has 1 heterocycles. The smallest absolute Gasteiger partial charge is 0.261 e. The van der Waals surface area contributed by atoms with Gasteiger partial charge in [0, 0.05) is 6.54 Å². The number of carbonyl (C=O) groups excluding carboxylic acids is 1. The Morgan fingerprint density at radius 2 is 2.22 bits per heavy atom. The first-order valence-electron chi connectivity index (χ1n) is 5.83. The summed E-state index contributed by atoms with van der Waals surface area (Å²) in [7, 11) is 0. The maximum absolute atomic E-state index is 11.1. The number of amides is 1. The van der Waals surface area contributed by atoms with E-state index in [1.807, 2.05) is 6.07 Å². The van der Waals surface area contributed by atoms with Crippen molar-refractivity contribution in [2.45, 2.75) is 26.7 Å². The van der Waals surface area contributed by atoms with Crippen LogP contribution in [0.5, 0.6) is 0 Å². The number of nitrogens with one attached hydrogen (secondary N) is 1. The van der Waals surface area contributed by atoms with Crippen LogP contribution in [0.4, 0.5) is 10.7 Å². The van der Waals surface area contributed by atoms with E-state index in [9.17, 15) is 4.79 Å². The monoisotopic (exact) mass is 266 g/mol. The summed E-state index contributed by atoms with van der Waals surface area (Å²) >= 11 is 1.14. The lowest BCUT2D eigenvalue weighted by molar-refractivity contribution is 0.100. The van der Waals surface area contributed by atoms with E-state index in [0.29, 0.717) is 16.5 Å². The van der Waals surface area contributed by atoms with Crippen LogP contribution in [-0.4, -0.2) is 12.5 Å². The Morgan fingerprint density at radius 3 is 2.72 bits per heavy atom. The minimum atomic E-state index is -0.593. The fraction of sp³-hybridized carbons (Fsp3) is 0.500. The van der Waals surface area contributed by atoms with Crippen LogP contribution in [0.25, 0.3) is 0 Å². The Bertz CT molecular complexity index is 473. The van der Waals surface area contributed by atoms with Gasteiger partial charge in [0.05, 0.1) is 5.69 Å². The maximum atomic E-state index is 11.1. The van der Waals surface area contributed by atoms with Crippen molar-refractivity contribution in [3.8, 4) is 6.07 Å². The van der Waals surface area contributed by atoms with Crippen molar-refractivity contribution in [2.24, 2.45) is 11.7 Å². The largest absolute Gasteiger partial charge is 0.396 e. The van der Waals surface area contributed by atoms with Crippen molar-refractivity contribution in [3.63, 3.8) is 0 Å². The van der Waals surface area contributed by atoms with Crippen LogP contribution in [-0.2, 0) is 0 Å². The van der Waals surface area contributed by atoms with Gasteiger partial charge in [0.25, 0.3) is 5.91 Å². The Kier molecular flexibility index (Phi) is 4.98. The zero-order chi connectivity index (χ0) is 13.7. The zero-order valence-corrected chi connectivity index (χ0v) is 11.4. The van der Waals surface area contributed by atoms with Crippen molar-refractivity contribution >= 4 is 27.9 Å². The molecule has 5 nitrogen and oxygen atoms in total. The highest BCUT2D eigenvalue weighted by atomic mass is 32.1. The number of carbonyl (C=O) groups is 1. The predicted molar refractivity (Wildman–Crippen MR) is 74.5 cm³/mol. The molecule has 0 saturated heterocycles. The molecule has 0 aliphatic carbocycles. The quantitative estimate of drug-likeness (QED) is 0.686. The Morgan fingerprint density at radius 1 is 1.56 bits per heavy atom. The van der Waals surface area contributed by atoms with E-state index in [1.54, 1.807) is 0 Å². The van der Waals surface area contributed by atoms with Gasteiger partial charge in [-0.3, -0.25) is 4.79 Å². The predicted octanol–water partition coefficient (Wildman–Crippen LogP) is 2.15. The molecular weight excluding hydrogens is 248 g/mol. The second kappa shape index (κ2) is 6.26. The molecule has 6 heteroatoms. The van der Waals surface area contributed by atoms with Gasteiger partial charge in [-0.25, -0.2) is 0 Å². The molecule has 5 N–H and O–H groups in total. The van der Waals surface area contributed by atoms with Crippen LogP contribution in [0.2, 0.25) is 0 Å². The van der Waals surface area contributed by atoms with Crippen molar-refractivity contribution in [3.05, 3.63) is 10.4 Å². The van der Waals surface area contributed by atoms with Crippen molar-refractivity contribution in [1.29, 1.82) is 5.26 Å². The van der Waals surface area contributed by atoms with Gasteiger partial charge in [-0.15, -0.1) is 11.3 Å². The molecule has 0 spiro atoms. The first-order valence-corrected chi connectivity index (χ1v) is 6.65. The summed E-state index contributed by atoms with van der Waals surface area (Å²) in [6, 6.07) is 2.00. The third-order valence-corrected chi connectivity index (χ3v) is 3.70. The number of nitriles is 1. The van der Waals surface area contributed by atoms with Crippen LogP contribution in [0.1, 0.15) is 41.9 Å². The number of primary amides is 1. The van der Waals surface area contributed by atoms with Crippen LogP contribution in [0.15, 0.2) is 0 Å². The van der Waals surface area contributed by atoms with Gasteiger partial charge in [0.1, 0.15) is 21.5 Å². The van der Waals surface area contributed by atoms with Gasteiger partial charge < -0.3 is 16.8 Å². The molecular formula is C12H18N4OS. The van der Waals surface area contributed by atoms with Gasteiger partial charge in [0.2, 0.25) is 0 Å². The average Bonchev–Trinajstić information content (AvgIpc) is 2.61. The summed E-state index contributed by atoms with van der Waals surface area (Å²) in [5.74, 6) is 0.0565. The lowest BCUT2D eigenvalue weighted by Gasteiger charge is -2.06. The molecule has 0 atom stereocenters. The topological polar surface area (TPSA) is 105 Å². The molecule has 18 heavy (non-hydrogen) atoms. The summed E-state index contributed by atoms with van der Waals surface area (Å²) in [4.78, 5) is 11.4. The van der Waals surface area contributed by atoms with Crippen LogP contribution < -0.4 is 16.8 Å². The summed E-state index contributed by atoms with van der Waals surface area (Å²) in [5.41, 5.74) is 11.4. The van der Waals surface area contributed by atoms with E-state index >= 15 is 0 Å². The van der Waals surface area contributed by atoms with E-state index in [4.69, 9.17) is 16.7 Å². The van der Waals surface area contributed by atoms with Gasteiger partial charge in [0.15, 0.2) is 0 Å². The second-order valence-electron chi connectivity index (χ2n) is 4.49. The van der Waals surface area contributed by atoms with Gasteiger partial charge in [-0.1, -0.05) is 13.8 Å². The van der Waals surface area contributed by atoms with Crippen LogP contribution in [0, 0.1) is 17.2 Å².